The van der Waals surface area contributed by atoms with Crippen molar-refractivity contribution < 1.29 is 14.0 Å². The summed E-state index contributed by atoms with van der Waals surface area (Å²) < 4.78 is 8.02. The second kappa shape index (κ2) is 7.37. The lowest BCUT2D eigenvalue weighted by Crippen LogP contribution is -2.76. The Morgan fingerprint density at radius 2 is 1.97 bits per heavy atom. The molecule has 1 saturated carbocycles. The molecule has 0 unspecified atom stereocenters. The number of carbonyl (C=O) groups excluding carboxylic acids is 1. The lowest BCUT2D eigenvalue weighted by Gasteiger charge is -2.66. The number of ether oxygens (including phenoxy) is 1. The molecule has 1 saturated heterocycles. The molecule has 2 aliphatic carbocycles. The van der Waals surface area contributed by atoms with Gasteiger partial charge in [-0.2, -0.15) is 0 Å². The van der Waals surface area contributed by atoms with Crippen molar-refractivity contribution in [2.75, 3.05) is 27.7 Å². The third-order valence-corrected chi connectivity index (χ3v) is 10.2. The topological polar surface area (TPSA) is 29.5 Å². The van der Waals surface area contributed by atoms with Crippen molar-refractivity contribution in [1.82, 2.24) is 4.90 Å². The number of benzene rings is 2. The van der Waals surface area contributed by atoms with Crippen LogP contribution in [0.3, 0.4) is 0 Å². The van der Waals surface area contributed by atoms with Crippen LogP contribution in [0, 0.1) is 31.1 Å². The van der Waals surface area contributed by atoms with Crippen LogP contribution in [0.25, 0.3) is 0 Å². The quantitative estimate of drug-likeness (QED) is 0.458. The van der Waals surface area contributed by atoms with Crippen molar-refractivity contribution in [3.63, 3.8) is 0 Å². The van der Waals surface area contributed by atoms with Crippen LogP contribution in [0.2, 0.25) is 0 Å². The Hall–Kier alpha value is -2.77. The molecule has 5 atom stereocenters. The van der Waals surface area contributed by atoms with Gasteiger partial charge in [-0.1, -0.05) is 37.1 Å². The third-order valence-electron chi connectivity index (χ3n) is 10.2. The number of carbonyl (C=O) groups is 1. The SMILES string of the molecule is Cc1cccc(C#CC(=O)N(C)[C@H]2CC[C@@]3(C)[C@@H]4Cc5ccc(C)c6c5[C@@]3(CC[N+]4(C)C)[C@H]2O6)c1. The number of nitrogens with zero attached hydrogens (tertiary/aromatic N) is 2. The van der Waals surface area contributed by atoms with Gasteiger partial charge >= 0.3 is 0 Å². The van der Waals surface area contributed by atoms with Crippen LogP contribution < -0.4 is 4.74 Å². The first-order valence-corrected chi connectivity index (χ1v) is 13.1. The first-order chi connectivity index (χ1) is 16.6. The molecule has 2 bridgehead atoms. The number of hydrogen-bond donors (Lipinski definition) is 0. The van der Waals surface area contributed by atoms with Gasteiger partial charge in [-0.25, -0.2) is 0 Å². The van der Waals surface area contributed by atoms with Gasteiger partial charge in [-0.15, -0.1) is 0 Å². The van der Waals surface area contributed by atoms with E-state index in [9.17, 15) is 4.79 Å². The molecular formula is C31H37N2O2+. The van der Waals surface area contributed by atoms with Gasteiger partial charge in [0.1, 0.15) is 11.9 Å². The monoisotopic (exact) mass is 469 g/mol. The molecule has 6 rings (SSSR count). The molecule has 2 aliphatic heterocycles. The van der Waals surface area contributed by atoms with E-state index < -0.39 is 0 Å². The minimum atomic E-state index is -0.118. The van der Waals surface area contributed by atoms with Crippen LogP contribution >= 0.6 is 0 Å². The predicted octanol–water partition coefficient (Wildman–Crippen LogP) is 4.39. The van der Waals surface area contributed by atoms with E-state index >= 15 is 0 Å². The summed E-state index contributed by atoms with van der Waals surface area (Å²) >= 11 is 0. The Bertz CT molecular complexity index is 1300. The van der Waals surface area contributed by atoms with Crippen molar-refractivity contribution in [3.05, 3.63) is 64.2 Å². The average Bonchev–Trinajstić information content (AvgIpc) is 3.17. The van der Waals surface area contributed by atoms with Crippen LogP contribution in [-0.4, -0.2) is 61.2 Å². The molecule has 2 heterocycles. The highest BCUT2D eigenvalue weighted by Gasteiger charge is 2.74. The summed E-state index contributed by atoms with van der Waals surface area (Å²) in [6.45, 7) is 7.89. The molecule has 0 radical (unpaired) electrons. The Kier molecular flexibility index (Phi) is 4.78. The van der Waals surface area contributed by atoms with E-state index in [-0.39, 0.29) is 28.9 Å². The van der Waals surface area contributed by atoms with Gasteiger partial charge < -0.3 is 14.1 Å². The largest absolute Gasteiger partial charge is 0.487 e. The van der Waals surface area contributed by atoms with Crippen molar-refractivity contribution in [1.29, 1.82) is 0 Å². The summed E-state index contributed by atoms with van der Waals surface area (Å²) in [6, 6.07) is 13.2. The molecule has 4 nitrogen and oxygen atoms in total. The molecule has 4 heteroatoms. The lowest BCUT2D eigenvalue weighted by atomic mass is 9.43. The number of amides is 1. The Labute approximate surface area is 209 Å². The Morgan fingerprint density at radius 1 is 1.17 bits per heavy atom. The summed E-state index contributed by atoms with van der Waals surface area (Å²) in [5.41, 5.74) is 6.30. The molecule has 2 fully saturated rings. The van der Waals surface area contributed by atoms with Gasteiger partial charge in [0, 0.05) is 42.4 Å². The fourth-order valence-electron chi connectivity index (χ4n) is 8.32. The molecule has 0 N–H and O–H groups in total. The first-order valence-electron chi connectivity index (χ1n) is 13.1. The van der Waals surface area contributed by atoms with E-state index in [0.29, 0.717) is 6.04 Å². The Morgan fingerprint density at radius 3 is 2.74 bits per heavy atom. The molecule has 0 aromatic heterocycles. The van der Waals surface area contributed by atoms with Crippen LogP contribution in [0.4, 0.5) is 0 Å². The molecule has 35 heavy (non-hydrogen) atoms. The van der Waals surface area contributed by atoms with E-state index in [0.717, 1.165) is 53.6 Å². The minimum Gasteiger partial charge on any atom is -0.487 e. The smallest absolute Gasteiger partial charge is 0.298 e. The molecule has 1 spiro atoms. The summed E-state index contributed by atoms with van der Waals surface area (Å²) in [5, 5.41) is 0. The maximum absolute atomic E-state index is 13.3. The summed E-state index contributed by atoms with van der Waals surface area (Å²) in [4.78, 5) is 15.2. The molecule has 2 aromatic rings. The average molecular weight is 470 g/mol. The van der Waals surface area contributed by atoms with E-state index in [1.807, 2.05) is 43.1 Å². The number of rotatable bonds is 1. The molecule has 182 valence electrons. The summed E-state index contributed by atoms with van der Waals surface area (Å²) in [7, 11) is 6.76. The van der Waals surface area contributed by atoms with Crippen LogP contribution in [0.15, 0.2) is 36.4 Å². The second-order valence-electron chi connectivity index (χ2n) is 12.3. The molecule has 4 aliphatic rings. The van der Waals surface area contributed by atoms with Gasteiger partial charge in [0.15, 0.2) is 0 Å². The van der Waals surface area contributed by atoms with Crippen molar-refractivity contribution >= 4 is 5.91 Å². The maximum Gasteiger partial charge on any atom is 0.298 e. The van der Waals surface area contributed by atoms with Crippen molar-refractivity contribution in [2.24, 2.45) is 5.41 Å². The minimum absolute atomic E-state index is 0.0195. The fraction of sp³-hybridized carbons (Fsp3) is 0.516. The summed E-state index contributed by atoms with van der Waals surface area (Å²) in [5.74, 6) is 7.00. The Balaban J connectivity index is 1.41. The standard InChI is InChI=1S/C31H37N2O2/c1-20-8-7-9-22(18-20)11-13-26(34)32(4)24-14-15-30(3)25-19-23-12-10-21(2)28-27(23)31(30,29(24)35-28)16-17-33(25,5)6/h7-10,12,18,24-25,29H,14-17,19H2,1-6H3/q+1/t24-,25-,29-,30-,31-/m0/s1. The van der Waals surface area contributed by atoms with E-state index in [4.69, 9.17) is 4.74 Å². The maximum atomic E-state index is 13.3. The van der Waals surface area contributed by atoms with Crippen LogP contribution in [-0.2, 0) is 16.6 Å². The van der Waals surface area contributed by atoms with Gasteiger partial charge in [0.25, 0.3) is 5.91 Å². The zero-order valence-corrected chi connectivity index (χ0v) is 21.9. The number of likely N-dealkylation sites (N-methyl/N-ethyl adjacent to an activating group) is 2. The van der Waals surface area contributed by atoms with E-state index in [1.54, 1.807) is 0 Å². The van der Waals surface area contributed by atoms with Gasteiger partial charge in [0.2, 0.25) is 0 Å². The van der Waals surface area contributed by atoms with Gasteiger partial charge in [-0.05, 0) is 55.5 Å². The third kappa shape index (κ3) is 2.94. The number of piperidine rings is 1. The summed E-state index contributed by atoms with van der Waals surface area (Å²) in [6.07, 6.45) is 4.27. The highest BCUT2D eigenvalue weighted by molar-refractivity contribution is 5.94. The van der Waals surface area contributed by atoms with Gasteiger partial charge in [0.05, 0.1) is 38.1 Å². The van der Waals surface area contributed by atoms with Crippen molar-refractivity contribution in [2.45, 2.75) is 70.1 Å². The number of aryl methyl sites for hydroxylation is 2. The molecule has 2 aromatic carbocycles. The first kappa shape index (κ1) is 22.7. The highest BCUT2D eigenvalue weighted by atomic mass is 16.5. The van der Waals surface area contributed by atoms with Gasteiger partial charge in [-0.3, -0.25) is 4.79 Å². The van der Waals surface area contributed by atoms with E-state index in [2.05, 4.69) is 51.9 Å². The zero-order valence-electron chi connectivity index (χ0n) is 21.9. The predicted molar refractivity (Wildman–Crippen MR) is 138 cm³/mol. The highest BCUT2D eigenvalue weighted by Crippen LogP contribution is 2.69. The van der Waals surface area contributed by atoms with Crippen LogP contribution in [0.5, 0.6) is 5.75 Å². The number of quaternary nitrogens is 1. The lowest BCUT2D eigenvalue weighted by molar-refractivity contribution is -0.932. The van der Waals surface area contributed by atoms with Crippen molar-refractivity contribution in [3.8, 4) is 17.6 Å². The normalized spacial score (nSPS) is 33.1. The number of hydrogen-bond acceptors (Lipinski definition) is 2. The fourth-order valence-corrected chi connectivity index (χ4v) is 8.32. The molecule has 1 amide bonds. The molecular weight excluding hydrogens is 432 g/mol. The number of likely N-dealkylation sites (tertiary alicyclic amines) is 1. The second-order valence-corrected chi connectivity index (χ2v) is 12.3. The van der Waals surface area contributed by atoms with E-state index in [1.165, 1.54) is 16.7 Å². The van der Waals surface area contributed by atoms with Crippen LogP contribution in [0.1, 0.15) is 54.0 Å². The zero-order chi connectivity index (χ0) is 24.8.